The van der Waals surface area contributed by atoms with Crippen LogP contribution in [0.2, 0.25) is 0 Å². The Kier molecular flexibility index (Phi) is 7.07. The molecule has 1 heterocycles. The van der Waals surface area contributed by atoms with Crippen LogP contribution in [0.15, 0.2) is 23.1 Å². The highest BCUT2D eigenvalue weighted by molar-refractivity contribution is 7.86. The van der Waals surface area contributed by atoms with Crippen LogP contribution in [-0.4, -0.2) is 68.2 Å². The fourth-order valence-electron chi connectivity index (χ4n) is 2.63. The van der Waals surface area contributed by atoms with E-state index in [-0.39, 0.29) is 18.2 Å². The van der Waals surface area contributed by atoms with Crippen LogP contribution in [-0.2, 0) is 36.1 Å². The van der Waals surface area contributed by atoms with E-state index < -0.39 is 75.8 Å². The van der Waals surface area contributed by atoms with Gasteiger partial charge in [-0.2, -0.15) is 34.8 Å². The van der Waals surface area contributed by atoms with Gasteiger partial charge in [0, 0.05) is 7.11 Å². The smallest absolute Gasteiger partial charge is 0.394 e. The first-order valence-electron chi connectivity index (χ1n) is 8.00. The first-order valence-corrected chi connectivity index (χ1v) is 9.40. The molecule has 2 rings (SSSR count). The van der Waals surface area contributed by atoms with Crippen LogP contribution in [0.3, 0.4) is 0 Å². The van der Waals surface area contributed by atoms with Crippen LogP contribution in [0.1, 0.15) is 11.1 Å². The van der Waals surface area contributed by atoms with E-state index in [1.807, 2.05) is 0 Å². The summed E-state index contributed by atoms with van der Waals surface area (Å²) in [4.78, 5) is -1.51. The molecule has 1 aromatic carbocycles. The van der Waals surface area contributed by atoms with Gasteiger partial charge in [-0.1, -0.05) is 0 Å². The van der Waals surface area contributed by atoms with Gasteiger partial charge in [0.15, 0.2) is 6.29 Å². The van der Waals surface area contributed by atoms with Crippen molar-refractivity contribution < 1.29 is 63.7 Å². The number of halogens is 6. The molecule has 0 radical (unpaired) electrons. The van der Waals surface area contributed by atoms with Gasteiger partial charge in [0.25, 0.3) is 10.1 Å². The van der Waals surface area contributed by atoms with Crippen molar-refractivity contribution in [3.63, 3.8) is 0 Å². The fraction of sp³-hybridized carbons (Fsp3) is 0.600. The zero-order chi connectivity index (χ0) is 23.1. The predicted molar refractivity (Wildman–Crippen MR) is 83.3 cm³/mol. The van der Waals surface area contributed by atoms with Crippen molar-refractivity contribution in [1.82, 2.24) is 0 Å². The molecule has 0 spiro atoms. The average molecular weight is 470 g/mol. The minimum Gasteiger partial charge on any atom is -0.394 e. The van der Waals surface area contributed by atoms with E-state index in [4.69, 9.17) is 14.6 Å². The summed E-state index contributed by atoms with van der Waals surface area (Å²) in [5, 5.41) is 29.3. The van der Waals surface area contributed by atoms with Crippen LogP contribution in [0.4, 0.5) is 26.3 Å². The lowest BCUT2D eigenvalue weighted by molar-refractivity contribution is -0.289. The normalized spacial score (nSPS) is 28.5. The molecule has 3 N–H and O–H groups in total. The Morgan fingerprint density at radius 3 is 1.90 bits per heavy atom. The van der Waals surface area contributed by atoms with Crippen molar-refractivity contribution in [3.8, 4) is 0 Å². The van der Waals surface area contributed by atoms with Crippen molar-refractivity contribution in [1.29, 1.82) is 0 Å². The molecule has 30 heavy (non-hydrogen) atoms. The third kappa shape index (κ3) is 5.22. The second-order valence-electron chi connectivity index (χ2n) is 6.20. The lowest BCUT2D eigenvalue weighted by atomic mass is 9.99. The van der Waals surface area contributed by atoms with Gasteiger partial charge in [0.2, 0.25) is 0 Å². The largest absolute Gasteiger partial charge is 0.416 e. The van der Waals surface area contributed by atoms with E-state index in [9.17, 15) is 45.0 Å². The summed E-state index contributed by atoms with van der Waals surface area (Å²) in [7, 11) is -4.36. The second kappa shape index (κ2) is 8.57. The summed E-state index contributed by atoms with van der Waals surface area (Å²) in [5.74, 6) is 0. The SMILES string of the molecule is CO[C@@H]1O[C@H](CO)[C@@H](O)[C@H](OS(=O)(=O)c2cc(C(F)(F)F)cc(C(F)(F)F)c2)[C@@H]1O. The molecule has 0 unspecified atom stereocenters. The Bertz CT molecular complexity index is 807. The molecule has 172 valence electrons. The summed E-state index contributed by atoms with van der Waals surface area (Å²) in [6.07, 6.45) is -19.9. The average Bonchev–Trinajstić information content (AvgIpc) is 2.63. The highest BCUT2D eigenvalue weighted by Gasteiger charge is 2.48. The van der Waals surface area contributed by atoms with E-state index in [0.29, 0.717) is 0 Å². The van der Waals surface area contributed by atoms with Gasteiger partial charge in [-0.15, -0.1) is 0 Å². The second-order valence-corrected chi connectivity index (χ2v) is 7.77. The van der Waals surface area contributed by atoms with E-state index >= 15 is 0 Å². The van der Waals surface area contributed by atoms with Gasteiger partial charge in [-0.25, -0.2) is 0 Å². The monoisotopic (exact) mass is 470 g/mol. The van der Waals surface area contributed by atoms with Crippen LogP contribution in [0.25, 0.3) is 0 Å². The molecule has 1 saturated heterocycles. The number of methoxy groups -OCH3 is 1. The number of aliphatic hydroxyl groups excluding tert-OH is 3. The lowest BCUT2D eigenvalue weighted by Gasteiger charge is -2.40. The molecule has 0 saturated carbocycles. The topological polar surface area (TPSA) is 123 Å². The first kappa shape index (κ1) is 24.8. The molecular formula is C15H16F6O8S. The summed E-state index contributed by atoms with van der Waals surface area (Å²) < 4.78 is 117. The van der Waals surface area contributed by atoms with Gasteiger partial charge in [-0.05, 0) is 18.2 Å². The van der Waals surface area contributed by atoms with E-state index in [1.165, 1.54) is 0 Å². The van der Waals surface area contributed by atoms with Crippen molar-refractivity contribution in [2.45, 2.75) is 48.0 Å². The van der Waals surface area contributed by atoms with Crippen molar-refractivity contribution in [2.75, 3.05) is 13.7 Å². The minimum atomic E-state index is -5.37. The number of ether oxygens (including phenoxy) is 2. The van der Waals surface area contributed by atoms with Crippen LogP contribution >= 0.6 is 0 Å². The number of rotatable bonds is 5. The molecule has 0 amide bonds. The van der Waals surface area contributed by atoms with Crippen LogP contribution in [0.5, 0.6) is 0 Å². The predicted octanol–water partition coefficient (Wildman–Crippen LogP) is 0.883. The van der Waals surface area contributed by atoms with Crippen molar-refractivity contribution in [2.24, 2.45) is 0 Å². The number of hydrogen-bond donors (Lipinski definition) is 3. The van der Waals surface area contributed by atoms with Gasteiger partial charge >= 0.3 is 12.4 Å². The molecule has 0 aliphatic carbocycles. The summed E-state index contributed by atoms with van der Waals surface area (Å²) >= 11 is 0. The molecule has 1 aliphatic rings. The molecule has 5 atom stereocenters. The zero-order valence-corrected chi connectivity index (χ0v) is 15.7. The maximum atomic E-state index is 13.0. The zero-order valence-electron chi connectivity index (χ0n) is 14.9. The Morgan fingerprint density at radius 1 is 1.00 bits per heavy atom. The van der Waals surface area contributed by atoms with Gasteiger partial charge in [0.1, 0.15) is 24.4 Å². The van der Waals surface area contributed by atoms with Crippen LogP contribution in [0, 0.1) is 0 Å². The number of benzene rings is 1. The fourth-order valence-corrected chi connectivity index (χ4v) is 3.81. The van der Waals surface area contributed by atoms with Gasteiger partial charge in [-0.3, -0.25) is 4.18 Å². The molecule has 8 nitrogen and oxygen atoms in total. The molecule has 15 heteroatoms. The highest BCUT2D eigenvalue weighted by Crippen LogP contribution is 2.38. The number of hydrogen-bond acceptors (Lipinski definition) is 8. The van der Waals surface area contributed by atoms with Crippen molar-refractivity contribution in [3.05, 3.63) is 29.3 Å². The van der Waals surface area contributed by atoms with Crippen molar-refractivity contribution >= 4 is 10.1 Å². The van der Waals surface area contributed by atoms with Gasteiger partial charge in [0.05, 0.1) is 22.6 Å². The maximum Gasteiger partial charge on any atom is 0.416 e. The first-order chi connectivity index (χ1) is 13.6. The quantitative estimate of drug-likeness (QED) is 0.429. The molecule has 1 aliphatic heterocycles. The minimum absolute atomic E-state index is 0.0833. The number of aliphatic hydroxyl groups is 3. The summed E-state index contributed by atoms with van der Waals surface area (Å²) in [6.45, 7) is -0.893. The Labute approximate surface area is 165 Å². The highest BCUT2D eigenvalue weighted by atomic mass is 32.2. The Hall–Kier alpha value is -1.49. The summed E-state index contributed by atoms with van der Waals surface area (Å²) in [6, 6.07) is -0.445. The lowest BCUT2D eigenvalue weighted by Crippen LogP contribution is -2.60. The molecule has 1 aromatic rings. The Morgan fingerprint density at radius 2 is 1.50 bits per heavy atom. The van der Waals surface area contributed by atoms with E-state index in [0.717, 1.165) is 7.11 Å². The number of alkyl halides is 6. The van der Waals surface area contributed by atoms with E-state index in [1.54, 1.807) is 0 Å². The van der Waals surface area contributed by atoms with Gasteiger partial charge < -0.3 is 24.8 Å². The third-order valence-corrected chi connectivity index (χ3v) is 5.43. The third-order valence-electron chi connectivity index (χ3n) is 4.14. The maximum absolute atomic E-state index is 13.0. The molecule has 0 aromatic heterocycles. The standard InChI is InChI=1S/C15H16F6O8S/c1-27-13-11(24)12(10(23)9(5-22)28-13)29-30(25,26)8-3-6(14(16,17)18)2-7(4-8)15(19,20)21/h2-4,9-13,22-24H,5H2,1H3/t9-,10-,11+,12+,13-/m1/s1. The molecular weight excluding hydrogens is 454 g/mol. The molecule has 1 fully saturated rings. The van der Waals surface area contributed by atoms with Crippen LogP contribution < -0.4 is 0 Å². The molecule has 0 bridgehead atoms. The summed E-state index contributed by atoms with van der Waals surface area (Å²) in [5.41, 5.74) is -3.81. The Balaban J connectivity index is 2.50. The van der Waals surface area contributed by atoms with E-state index in [2.05, 4.69) is 4.18 Å².